The zero-order valence-corrected chi connectivity index (χ0v) is 24.1. The molecule has 13 heteroatoms. The number of alkyl halides is 2. The molecule has 40 heavy (non-hydrogen) atoms. The van der Waals surface area contributed by atoms with Crippen LogP contribution in [0.3, 0.4) is 0 Å². The van der Waals surface area contributed by atoms with E-state index >= 15 is 8.78 Å². The van der Waals surface area contributed by atoms with Crippen molar-refractivity contribution in [3.8, 4) is 0 Å². The fourth-order valence-electron chi connectivity index (χ4n) is 3.71. The highest BCUT2D eigenvalue weighted by Gasteiger charge is 2.63. The number of ether oxygens (including phenoxy) is 1. The van der Waals surface area contributed by atoms with Gasteiger partial charge in [-0.3, -0.25) is 7.81 Å². The van der Waals surface area contributed by atoms with Gasteiger partial charge in [-0.1, -0.05) is 61.0 Å². The van der Waals surface area contributed by atoms with E-state index in [-0.39, 0.29) is 13.0 Å². The number of halogens is 2. The molecule has 1 N–H and O–H groups in total. The van der Waals surface area contributed by atoms with Crippen molar-refractivity contribution in [2.45, 2.75) is 45.6 Å². The van der Waals surface area contributed by atoms with Crippen LogP contribution in [0.25, 0.3) is 0 Å². The van der Waals surface area contributed by atoms with E-state index in [1.807, 2.05) is 0 Å². The number of hydrogen-bond acceptors (Lipinski definition) is 7. The van der Waals surface area contributed by atoms with Gasteiger partial charge < -0.3 is 4.74 Å². The lowest BCUT2D eigenvalue weighted by Crippen LogP contribution is -2.42. The van der Waals surface area contributed by atoms with E-state index in [2.05, 4.69) is 12.5 Å². The van der Waals surface area contributed by atoms with Crippen LogP contribution in [0, 0.1) is 0 Å². The second-order valence-electron chi connectivity index (χ2n) is 8.66. The number of rotatable bonds is 15. The lowest BCUT2D eigenvalue weighted by molar-refractivity contribution is -0.161. The maximum absolute atomic E-state index is 15.2. The van der Waals surface area contributed by atoms with Crippen LogP contribution in [0.4, 0.5) is 8.78 Å². The summed E-state index contributed by atoms with van der Waals surface area (Å²) >= 11 is 0. The molecule has 218 valence electrons. The second kappa shape index (κ2) is 13.7. The summed E-state index contributed by atoms with van der Waals surface area (Å²) in [6.45, 7) is -0.463. The first-order valence-electron chi connectivity index (χ1n) is 12.3. The quantitative estimate of drug-likeness (QED) is 0.0677. The summed E-state index contributed by atoms with van der Waals surface area (Å²) in [7, 11) is -12.5. The number of unbranched alkanes of at least 4 members (excludes halogenated alkanes) is 3. The largest absolute Gasteiger partial charge is 0.514 e. The number of esters is 1. The molecular weight excluding hydrogens is 586 g/mol. The topological polar surface area (TPSA) is 117 Å². The Kier molecular flexibility index (Phi) is 10.8. The molecule has 0 saturated heterocycles. The van der Waals surface area contributed by atoms with Gasteiger partial charge in [-0.05, 0) is 55.7 Å². The third-order valence-corrected chi connectivity index (χ3v) is 11.5. The maximum Gasteiger partial charge on any atom is 0.514 e. The van der Waals surface area contributed by atoms with Gasteiger partial charge in [-0.25, -0.2) is 4.79 Å². The van der Waals surface area contributed by atoms with Gasteiger partial charge in [0, 0.05) is 0 Å². The normalized spacial score (nSPS) is 13.1. The molecule has 0 atom stereocenters. The Morgan fingerprint density at radius 1 is 0.700 bits per heavy atom. The molecule has 0 aliphatic rings. The average molecular weight is 618 g/mol. The van der Waals surface area contributed by atoms with Crippen molar-refractivity contribution in [1.82, 2.24) is 0 Å². The Morgan fingerprint density at radius 2 is 1.10 bits per heavy atom. The summed E-state index contributed by atoms with van der Waals surface area (Å²) < 4.78 is 92.0. The Hall–Kier alpha value is -2.84. The SMILES string of the molecule is CS(=O)(=O)OCCCCCCOC(=O)C(F)(F)S(=O)(=O)[OH+]S(c1ccccc1)(c1ccccc1)c1ccccc1. The zero-order chi connectivity index (χ0) is 29.3. The number of hydrogen-bond donors (Lipinski definition) is 0. The fourth-order valence-corrected chi connectivity index (χ4v) is 9.45. The smallest absolute Gasteiger partial charge is 0.460 e. The fraction of sp³-hybridized carbons (Fsp3) is 0.296. The molecule has 0 fully saturated rings. The van der Waals surface area contributed by atoms with Crippen LogP contribution in [0.1, 0.15) is 25.7 Å². The average Bonchev–Trinajstić information content (AvgIpc) is 2.93. The van der Waals surface area contributed by atoms with Crippen molar-refractivity contribution >= 4 is 36.5 Å². The molecule has 3 aromatic carbocycles. The van der Waals surface area contributed by atoms with Crippen LogP contribution in [0.2, 0.25) is 0 Å². The molecule has 0 heterocycles. The first-order chi connectivity index (χ1) is 18.9. The summed E-state index contributed by atoms with van der Waals surface area (Å²) in [5, 5.41) is -4.94. The van der Waals surface area contributed by atoms with Gasteiger partial charge in [-0.15, -0.1) is 8.42 Å². The second-order valence-corrected chi connectivity index (χ2v) is 14.9. The highest BCUT2D eigenvalue weighted by Crippen LogP contribution is 2.68. The molecule has 0 saturated carbocycles. The van der Waals surface area contributed by atoms with E-state index in [0.29, 0.717) is 33.9 Å². The standard InChI is InChI=1S/C27H30F2O8S3/c1-38(31,32)36-22-14-3-2-13-21-35-26(30)27(28,29)40(33,34)37-39(23-15-7-4-8-16-23,24-17-9-5-10-18-24)25-19-11-6-12-20-25/h4-12,15-20H,2-3,13-14,21-22H2,1H3/p+1. The summed E-state index contributed by atoms with van der Waals surface area (Å²) in [5.41, 5.74) is 0. The molecule has 8 nitrogen and oxygen atoms in total. The molecule has 0 aliphatic carbocycles. The van der Waals surface area contributed by atoms with Crippen LogP contribution < -0.4 is 0 Å². The molecule has 0 radical (unpaired) electrons. The van der Waals surface area contributed by atoms with Gasteiger partial charge >= 0.3 is 21.3 Å². The molecule has 3 rings (SSSR count). The first-order valence-corrected chi connectivity index (χ1v) is 17.1. The molecule has 0 aromatic heterocycles. The number of carbonyl (C=O) groups is 1. The van der Waals surface area contributed by atoms with Gasteiger partial charge in [0.05, 0.1) is 44.5 Å². The van der Waals surface area contributed by atoms with E-state index in [9.17, 15) is 21.6 Å². The lowest BCUT2D eigenvalue weighted by atomic mass is 10.2. The van der Waals surface area contributed by atoms with Gasteiger partial charge in [0.25, 0.3) is 10.1 Å². The molecule has 0 aliphatic heterocycles. The van der Waals surface area contributed by atoms with Crippen molar-refractivity contribution in [2.75, 3.05) is 19.5 Å². The highest BCUT2D eigenvalue weighted by molar-refractivity contribution is 8.32. The van der Waals surface area contributed by atoms with Crippen LogP contribution >= 0.6 is 10.3 Å². The monoisotopic (exact) mass is 617 g/mol. The van der Waals surface area contributed by atoms with Gasteiger partial charge in [0.15, 0.2) is 0 Å². The minimum absolute atomic E-state index is 0.0230. The summed E-state index contributed by atoms with van der Waals surface area (Å²) in [4.78, 5) is 13.5. The summed E-state index contributed by atoms with van der Waals surface area (Å²) in [5.74, 6) is -2.21. The van der Waals surface area contributed by atoms with Crippen molar-refractivity contribution in [3.05, 3.63) is 91.0 Å². The molecule has 0 spiro atoms. The maximum atomic E-state index is 15.2. The van der Waals surface area contributed by atoms with Crippen LogP contribution in [0.5, 0.6) is 0 Å². The van der Waals surface area contributed by atoms with E-state index < -0.39 is 48.4 Å². The van der Waals surface area contributed by atoms with Crippen LogP contribution in [-0.2, 0) is 34.0 Å². The van der Waals surface area contributed by atoms with Gasteiger partial charge in [0.2, 0.25) is 0 Å². The molecule has 0 amide bonds. The third-order valence-electron chi connectivity index (χ3n) is 5.59. The first kappa shape index (κ1) is 31.7. The Morgan fingerprint density at radius 3 is 1.50 bits per heavy atom. The van der Waals surface area contributed by atoms with E-state index in [1.165, 1.54) is 0 Å². The Bertz CT molecular complexity index is 1350. The van der Waals surface area contributed by atoms with E-state index in [0.717, 1.165) is 6.26 Å². The Balaban J connectivity index is 1.82. The summed E-state index contributed by atoms with van der Waals surface area (Å²) in [6, 6.07) is 24.8. The minimum Gasteiger partial charge on any atom is -0.460 e. The number of benzene rings is 3. The predicted octanol–water partition coefficient (Wildman–Crippen LogP) is 5.98. The van der Waals surface area contributed by atoms with Crippen LogP contribution in [0.15, 0.2) is 106 Å². The van der Waals surface area contributed by atoms with E-state index in [4.69, 9.17) is 0 Å². The van der Waals surface area contributed by atoms with E-state index in [1.54, 1.807) is 91.0 Å². The van der Waals surface area contributed by atoms with Crippen molar-refractivity contribution in [3.63, 3.8) is 0 Å². The van der Waals surface area contributed by atoms with Crippen molar-refractivity contribution < 1.29 is 43.0 Å². The van der Waals surface area contributed by atoms with Crippen LogP contribution in [-0.4, -0.2) is 51.2 Å². The van der Waals surface area contributed by atoms with Gasteiger partial charge in [-0.2, -0.15) is 17.2 Å². The van der Waals surface area contributed by atoms with Crippen molar-refractivity contribution in [1.29, 1.82) is 0 Å². The highest BCUT2D eigenvalue weighted by atomic mass is 32.3. The molecule has 0 bridgehead atoms. The zero-order valence-electron chi connectivity index (χ0n) is 21.7. The minimum atomic E-state index is -5.75. The Labute approximate surface area is 235 Å². The molecular formula is C27H31F2O8S3+. The summed E-state index contributed by atoms with van der Waals surface area (Å²) in [6.07, 6.45) is 2.41. The third kappa shape index (κ3) is 7.88. The molecule has 3 aromatic rings. The predicted molar refractivity (Wildman–Crippen MR) is 148 cm³/mol. The van der Waals surface area contributed by atoms with Crippen molar-refractivity contribution in [2.24, 2.45) is 0 Å². The molecule has 0 unspecified atom stereocenters. The van der Waals surface area contributed by atoms with Gasteiger partial charge in [0.1, 0.15) is 0 Å². The lowest BCUT2D eigenvalue weighted by Gasteiger charge is -2.35. The number of carbonyl (C=O) groups excluding carboxylic acids is 1.